The number of nitrogens with one attached hydrogen (secondary N) is 1. The molecule has 1 unspecified atom stereocenters. The van der Waals surface area contributed by atoms with Crippen LogP contribution in [0.4, 0.5) is 9.59 Å². The van der Waals surface area contributed by atoms with Crippen LogP contribution >= 0.6 is 11.6 Å². The molecular formula is C6H9ClN2O4S. The molecule has 1 rings (SSSR count). The molecule has 14 heavy (non-hydrogen) atoms. The first-order chi connectivity index (χ1) is 6.40. The summed E-state index contributed by atoms with van der Waals surface area (Å²) >= 11 is 5.10. The molecule has 0 radical (unpaired) electrons. The lowest BCUT2D eigenvalue weighted by molar-refractivity contribution is 0.209. The number of nitrogens with zero attached hydrogens (tertiary/aromatic N) is 1. The number of hydrogen-bond acceptors (Lipinski definition) is 4. The minimum absolute atomic E-state index is 0.104. The summed E-state index contributed by atoms with van der Waals surface area (Å²) < 4.78 is 22.8. The summed E-state index contributed by atoms with van der Waals surface area (Å²) in [7, 11) is -3.49. The molecule has 6 nitrogen and oxygen atoms in total. The predicted octanol–water partition coefficient (Wildman–Crippen LogP) is 0.131. The summed E-state index contributed by atoms with van der Waals surface area (Å²) in [5, 5.41) is -0.0134. The number of amides is 3. The molecule has 0 aromatic heterocycles. The van der Waals surface area contributed by atoms with Crippen LogP contribution in [-0.4, -0.2) is 42.4 Å². The molecule has 8 heteroatoms. The van der Waals surface area contributed by atoms with E-state index in [1.807, 2.05) is 0 Å². The van der Waals surface area contributed by atoms with Gasteiger partial charge in [0, 0.05) is 5.75 Å². The van der Waals surface area contributed by atoms with E-state index >= 15 is 0 Å². The molecule has 0 aliphatic carbocycles. The standard InChI is InChI=1S/C6H9ClN2O4S/c1-2-14(12,13)4-3-8-6(11)9(4)5(7)10/h4H,2-3H2,1H3,(H,8,11). The van der Waals surface area contributed by atoms with Crippen molar-refractivity contribution >= 4 is 32.8 Å². The molecular weight excluding hydrogens is 232 g/mol. The fourth-order valence-corrected chi connectivity index (χ4v) is 2.64. The molecule has 1 heterocycles. The molecule has 1 N–H and O–H groups in total. The van der Waals surface area contributed by atoms with Gasteiger partial charge in [0.25, 0.3) is 0 Å². The van der Waals surface area contributed by atoms with Crippen molar-refractivity contribution in [1.29, 1.82) is 0 Å². The van der Waals surface area contributed by atoms with Crippen molar-refractivity contribution in [3.8, 4) is 0 Å². The second-order valence-corrected chi connectivity index (χ2v) is 5.49. The summed E-state index contributed by atoms with van der Waals surface area (Å²) in [6.45, 7) is 1.34. The number of carbonyl (C=O) groups is 2. The third kappa shape index (κ3) is 1.83. The van der Waals surface area contributed by atoms with Crippen LogP contribution in [0.5, 0.6) is 0 Å². The topological polar surface area (TPSA) is 83.6 Å². The molecule has 0 saturated carbocycles. The van der Waals surface area contributed by atoms with Crippen molar-refractivity contribution in [2.45, 2.75) is 12.3 Å². The van der Waals surface area contributed by atoms with Gasteiger partial charge in [0.2, 0.25) is 0 Å². The van der Waals surface area contributed by atoms with Crippen molar-refractivity contribution in [2.24, 2.45) is 0 Å². The molecule has 1 aliphatic heterocycles. The van der Waals surface area contributed by atoms with Crippen LogP contribution in [0.15, 0.2) is 0 Å². The Morgan fingerprint density at radius 3 is 2.71 bits per heavy atom. The summed E-state index contributed by atoms with van der Waals surface area (Å²) in [6, 6.07) is -0.771. The molecule has 1 saturated heterocycles. The van der Waals surface area contributed by atoms with E-state index in [0.717, 1.165) is 0 Å². The van der Waals surface area contributed by atoms with Crippen LogP contribution in [0.2, 0.25) is 0 Å². The number of halogens is 1. The lowest BCUT2D eigenvalue weighted by atomic mass is 10.6. The third-order valence-corrected chi connectivity index (χ3v) is 4.13. The Morgan fingerprint density at radius 2 is 2.29 bits per heavy atom. The third-order valence-electron chi connectivity index (χ3n) is 1.94. The number of carbonyl (C=O) groups excluding carboxylic acids is 2. The van der Waals surface area contributed by atoms with Gasteiger partial charge in [-0.3, -0.25) is 4.79 Å². The maximum atomic E-state index is 11.4. The highest BCUT2D eigenvalue weighted by Gasteiger charge is 2.42. The molecule has 80 valence electrons. The van der Waals surface area contributed by atoms with E-state index in [1.165, 1.54) is 6.92 Å². The van der Waals surface area contributed by atoms with Gasteiger partial charge in [-0.1, -0.05) is 6.92 Å². The Morgan fingerprint density at radius 1 is 1.71 bits per heavy atom. The van der Waals surface area contributed by atoms with Crippen molar-refractivity contribution in [3.05, 3.63) is 0 Å². The van der Waals surface area contributed by atoms with Crippen molar-refractivity contribution < 1.29 is 18.0 Å². The zero-order valence-corrected chi connectivity index (χ0v) is 8.93. The highest BCUT2D eigenvalue weighted by atomic mass is 35.5. The van der Waals surface area contributed by atoms with E-state index in [1.54, 1.807) is 0 Å². The van der Waals surface area contributed by atoms with Crippen molar-refractivity contribution in [2.75, 3.05) is 12.3 Å². The zero-order valence-electron chi connectivity index (χ0n) is 7.36. The van der Waals surface area contributed by atoms with E-state index in [2.05, 4.69) is 5.32 Å². The van der Waals surface area contributed by atoms with Crippen LogP contribution < -0.4 is 5.32 Å². The molecule has 1 atom stereocenters. The predicted molar refractivity (Wildman–Crippen MR) is 49.7 cm³/mol. The highest BCUT2D eigenvalue weighted by molar-refractivity contribution is 7.92. The summed E-state index contributed by atoms with van der Waals surface area (Å²) in [4.78, 5) is 22.3. The van der Waals surface area contributed by atoms with E-state index in [4.69, 9.17) is 11.6 Å². The van der Waals surface area contributed by atoms with Crippen LogP contribution in [0.3, 0.4) is 0 Å². The largest absolute Gasteiger partial charge is 0.334 e. The van der Waals surface area contributed by atoms with E-state index < -0.39 is 26.6 Å². The Hall–Kier alpha value is -0.820. The maximum absolute atomic E-state index is 11.4. The Kier molecular flexibility index (Phi) is 3.01. The first-order valence-corrected chi connectivity index (χ1v) is 5.97. The van der Waals surface area contributed by atoms with Gasteiger partial charge >= 0.3 is 11.4 Å². The van der Waals surface area contributed by atoms with Gasteiger partial charge < -0.3 is 5.32 Å². The zero-order chi connectivity index (χ0) is 10.9. The Balaban J connectivity index is 3.02. The first kappa shape index (κ1) is 11.3. The summed E-state index contributed by atoms with van der Waals surface area (Å²) in [5.74, 6) is -0.146. The van der Waals surface area contributed by atoms with Crippen LogP contribution in [0, 0.1) is 0 Å². The second-order valence-electron chi connectivity index (χ2n) is 2.72. The Labute approximate surface area is 86.1 Å². The van der Waals surface area contributed by atoms with Crippen molar-refractivity contribution in [3.63, 3.8) is 0 Å². The summed E-state index contributed by atoms with van der Waals surface area (Å²) in [6.07, 6.45) is 0. The highest BCUT2D eigenvalue weighted by Crippen LogP contribution is 2.16. The van der Waals surface area contributed by atoms with Gasteiger partial charge in [0.05, 0.1) is 6.54 Å². The second kappa shape index (κ2) is 3.74. The van der Waals surface area contributed by atoms with Gasteiger partial charge in [-0.25, -0.2) is 18.1 Å². The number of imide groups is 1. The average Bonchev–Trinajstić information content (AvgIpc) is 2.47. The number of hydrogen-bond donors (Lipinski definition) is 1. The molecule has 3 amide bonds. The van der Waals surface area contributed by atoms with Crippen LogP contribution in [0.25, 0.3) is 0 Å². The van der Waals surface area contributed by atoms with Gasteiger partial charge in [-0.05, 0) is 11.6 Å². The molecule has 0 bridgehead atoms. The smallest absolute Gasteiger partial charge is 0.326 e. The van der Waals surface area contributed by atoms with E-state index in [-0.39, 0.29) is 12.3 Å². The van der Waals surface area contributed by atoms with Crippen molar-refractivity contribution in [1.82, 2.24) is 10.2 Å². The quantitative estimate of drug-likeness (QED) is 0.549. The molecule has 1 fully saturated rings. The number of sulfone groups is 1. The maximum Gasteiger partial charge on any atom is 0.326 e. The van der Waals surface area contributed by atoms with Gasteiger partial charge in [-0.15, -0.1) is 0 Å². The lowest BCUT2D eigenvalue weighted by Crippen LogP contribution is -2.41. The number of rotatable bonds is 2. The molecule has 1 aliphatic rings. The van der Waals surface area contributed by atoms with Gasteiger partial charge in [-0.2, -0.15) is 0 Å². The molecule has 0 aromatic carbocycles. The van der Waals surface area contributed by atoms with Crippen LogP contribution in [0.1, 0.15) is 6.92 Å². The summed E-state index contributed by atoms with van der Waals surface area (Å²) in [5.41, 5.74) is 0. The number of urea groups is 1. The lowest BCUT2D eigenvalue weighted by Gasteiger charge is -2.17. The SMILES string of the molecule is CCS(=O)(=O)C1CNC(=O)N1C(=O)Cl. The van der Waals surface area contributed by atoms with E-state index in [9.17, 15) is 18.0 Å². The molecule has 0 spiro atoms. The fraction of sp³-hybridized carbons (Fsp3) is 0.667. The minimum atomic E-state index is -3.49. The monoisotopic (exact) mass is 240 g/mol. The first-order valence-electron chi connectivity index (χ1n) is 3.88. The van der Waals surface area contributed by atoms with Crippen LogP contribution in [-0.2, 0) is 9.84 Å². The van der Waals surface area contributed by atoms with Gasteiger partial charge in [0.1, 0.15) is 0 Å². The minimum Gasteiger partial charge on any atom is -0.334 e. The Bertz CT molecular complexity index is 366. The van der Waals surface area contributed by atoms with E-state index in [0.29, 0.717) is 4.90 Å². The van der Waals surface area contributed by atoms with Gasteiger partial charge in [0.15, 0.2) is 15.2 Å². The molecule has 0 aromatic rings. The normalized spacial score (nSPS) is 22.3. The fourth-order valence-electron chi connectivity index (χ4n) is 1.15. The average molecular weight is 241 g/mol.